The fourth-order valence-corrected chi connectivity index (χ4v) is 3.22. The second-order valence-electron chi connectivity index (χ2n) is 6.03. The van der Waals surface area contributed by atoms with Gasteiger partial charge in [-0.05, 0) is 49.7 Å². The van der Waals surface area contributed by atoms with Gasteiger partial charge in [0, 0.05) is 11.6 Å². The number of halogens is 1. The number of likely N-dealkylation sites (N-methyl/N-ethyl adjacent to an activating group) is 1. The summed E-state index contributed by atoms with van der Waals surface area (Å²) in [5.74, 6) is 0.471. The van der Waals surface area contributed by atoms with Crippen molar-refractivity contribution >= 4 is 34.7 Å². The van der Waals surface area contributed by atoms with Crippen molar-refractivity contribution in [1.82, 2.24) is 4.90 Å². The third kappa shape index (κ3) is 3.68. The van der Waals surface area contributed by atoms with E-state index < -0.39 is 5.91 Å². The van der Waals surface area contributed by atoms with E-state index in [1.807, 2.05) is 6.92 Å². The fourth-order valence-electron chi connectivity index (χ4n) is 3.04. The van der Waals surface area contributed by atoms with Crippen LogP contribution in [0, 0.1) is 0 Å². The van der Waals surface area contributed by atoms with E-state index in [1.165, 1.54) is 12.0 Å². The van der Waals surface area contributed by atoms with Crippen LogP contribution in [0.1, 0.15) is 19.4 Å². The number of hydrogen-bond acceptors (Lipinski definition) is 5. The summed E-state index contributed by atoms with van der Waals surface area (Å²) in [6.45, 7) is 4.48. The van der Waals surface area contributed by atoms with Gasteiger partial charge in [-0.1, -0.05) is 23.7 Å². The van der Waals surface area contributed by atoms with Crippen LogP contribution in [0.25, 0.3) is 5.57 Å². The molecule has 0 aromatic heterocycles. The van der Waals surface area contributed by atoms with E-state index in [2.05, 4.69) is 5.32 Å². The quantitative estimate of drug-likeness (QED) is 0.712. The topological polar surface area (TPSA) is 67.9 Å². The summed E-state index contributed by atoms with van der Waals surface area (Å²) in [5.41, 5.74) is 1.63. The smallest absolute Gasteiger partial charge is 0.278 e. The fraction of sp³-hybridized carbons (Fsp3) is 0.238. The number of anilines is 1. The summed E-state index contributed by atoms with van der Waals surface area (Å²) in [6.07, 6.45) is 0. The summed E-state index contributed by atoms with van der Waals surface area (Å²) in [4.78, 5) is 27.0. The van der Waals surface area contributed by atoms with Crippen molar-refractivity contribution in [3.05, 3.63) is 58.7 Å². The number of carbonyl (C=O) groups excluding carboxylic acids is 2. The molecule has 28 heavy (non-hydrogen) atoms. The maximum Gasteiger partial charge on any atom is 0.278 e. The molecule has 146 valence electrons. The highest BCUT2D eigenvalue weighted by atomic mass is 35.5. The standard InChI is InChI=1S/C21H21ClN2O4/c1-4-24-20(25)18(13-6-9-15(10-7-13)28-5-2)19(21(24)26)23-16-12-14(22)8-11-17(16)27-3/h6-12,23H,4-5H2,1-3H3. The molecule has 2 aromatic carbocycles. The van der Waals surface area contributed by atoms with Gasteiger partial charge in [-0.3, -0.25) is 14.5 Å². The molecule has 1 N–H and O–H groups in total. The van der Waals surface area contributed by atoms with E-state index in [0.29, 0.717) is 40.0 Å². The number of imide groups is 1. The molecule has 0 atom stereocenters. The number of amides is 2. The van der Waals surface area contributed by atoms with Crippen LogP contribution in [0.15, 0.2) is 48.2 Å². The van der Waals surface area contributed by atoms with Gasteiger partial charge in [-0.15, -0.1) is 0 Å². The predicted molar refractivity (Wildman–Crippen MR) is 109 cm³/mol. The van der Waals surface area contributed by atoms with Crippen molar-refractivity contribution in [2.24, 2.45) is 0 Å². The Morgan fingerprint density at radius 1 is 1.04 bits per heavy atom. The van der Waals surface area contributed by atoms with Gasteiger partial charge >= 0.3 is 0 Å². The maximum atomic E-state index is 12.9. The van der Waals surface area contributed by atoms with Crippen molar-refractivity contribution in [3.8, 4) is 11.5 Å². The SMILES string of the molecule is CCOc1ccc(C2=C(Nc3cc(Cl)ccc3OC)C(=O)N(CC)C2=O)cc1. The van der Waals surface area contributed by atoms with E-state index in [0.717, 1.165) is 0 Å². The number of hydrogen-bond donors (Lipinski definition) is 1. The summed E-state index contributed by atoms with van der Waals surface area (Å²) in [6, 6.07) is 12.1. The minimum Gasteiger partial charge on any atom is -0.495 e. The van der Waals surface area contributed by atoms with Crippen LogP contribution in [-0.4, -0.2) is 37.0 Å². The zero-order chi connectivity index (χ0) is 20.3. The zero-order valence-electron chi connectivity index (χ0n) is 15.9. The Morgan fingerprint density at radius 2 is 1.75 bits per heavy atom. The summed E-state index contributed by atoms with van der Waals surface area (Å²) >= 11 is 6.09. The van der Waals surface area contributed by atoms with Crippen LogP contribution in [-0.2, 0) is 9.59 Å². The highest BCUT2D eigenvalue weighted by Gasteiger charge is 2.38. The largest absolute Gasteiger partial charge is 0.495 e. The maximum absolute atomic E-state index is 12.9. The molecule has 2 amide bonds. The minimum absolute atomic E-state index is 0.191. The van der Waals surface area contributed by atoms with Gasteiger partial charge in [-0.2, -0.15) is 0 Å². The van der Waals surface area contributed by atoms with E-state index in [4.69, 9.17) is 21.1 Å². The summed E-state index contributed by atoms with van der Waals surface area (Å²) < 4.78 is 10.8. The first-order chi connectivity index (χ1) is 13.5. The van der Waals surface area contributed by atoms with Gasteiger partial charge in [0.15, 0.2) is 0 Å². The molecule has 3 rings (SSSR count). The lowest BCUT2D eigenvalue weighted by Crippen LogP contribution is -2.32. The van der Waals surface area contributed by atoms with Crippen LogP contribution in [0.5, 0.6) is 11.5 Å². The molecule has 1 aliphatic rings. The summed E-state index contributed by atoms with van der Waals surface area (Å²) in [7, 11) is 1.52. The predicted octanol–water partition coefficient (Wildman–Crippen LogP) is 3.96. The third-order valence-electron chi connectivity index (χ3n) is 4.36. The second kappa shape index (κ2) is 8.35. The number of methoxy groups -OCH3 is 1. The first-order valence-corrected chi connectivity index (χ1v) is 9.32. The molecule has 6 nitrogen and oxygen atoms in total. The lowest BCUT2D eigenvalue weighted by Gasteiger charge is -2.14. The normalized spacial score (nSPS) is 13.9. The Bertz CT molecular complexity index is 938. The van der Waals surface area contributed by atoms with Crippen molar-refractivity contribution < 1.29 is 19.1 Å². The Morgan fingerprint density at radius 3 is 2.36 bits per heavy atom. The van der Waals surface area contributed by atoms with Crippen LogP contribution in [0.3, 0.4) is 0 Å². The molecule has 0 saturated carbocycles. The lowest BCUT2D eigenvalue weighted by atomic mass is 10.0. The van der Waals surface area contributed by atoms with Gasteiger partial charge in [0.25, 0.3) is 11.8 Å². The van der Waals surface area contributed by atoms with Crippen LogP contribution < -0.4 is 14.8 Å². The molecular weight excluding hydrogens is 380 g/mol. The zero-order valence-corrected chi connectivity index (χ0v) is 16.7. The average molecular weight is 401 g/mol. The Hall–Kier alpha value is -2.99. The second-order valence-corrected chi connectivity index (χ2v) is 6.47. The van der Waals surface area contributed by atoms with Gasteiger partial charge in [-0.25, -0.2) is 0 Å². The number of carbonyl (C=O) groups is 2. The number of ether oxygens (including phenoxy) is 2. The van der Waals surface area contributed by atoms with Crippen LogP contribution in [0.4, 0.5) is 5.69 Å². The number of nitrogens with one attached hydrogen (secondary N) is 1. The molecule has 0 fully saturated rings. The third-order valence-corrected chi connectivity index (χ3v) is 4.59. The molecule has 0 radical (unpaired) electrons. The number of nitrogens with zero attached hydrogens (tertiary/aromatic N) is 1. The highest BCUT2D eigenvalue weighted by Crippen LogP contribution is 2.35. The Labute approximate surface area is 168 Å². The molecule has 0 aliphatic carbocycles. The molecule has 1 aliphatic heterocycles. The van der Waals surface area contributed by atoms with E-state index >= 15 is 0 Å². The van der Waals surface area contributed by atoms with Crippen LogP contribution >= 0.6 is 11.6 Å². The van der Waals surface area contributed by atoms with Crippen molar-refractivity contribution in [2.45, 2.75) is 13.8 Å². The number of benzene rings is 2. The average Bonchev–Trinajstić information content (AvgIpc) is 2.92. The molecule has 0 saturated heterocycles. The molecular formula is C21H21ClN2O4. The number of rotatable bonds is 7. The molecule has 2 aromatic rings. The minimum atomic E-state index is -0.390. The van der Waals surface area contributed by atoms with Crippen molar-refractivity contribution in [2.75, 3.05) is 25.6 Å². The molecule has 0 spiro atoms. The molecule has 1 heterocycles. The monoisotopic (exact) mass is 400 g/mol. The Kier molecular flexibility index (Phi) is 5.90. The molecule has 0 bridgehead atoms. The molecule has 0 unspecified atom stereocenters. The highest BCUT2D eigenvalue weighted by molar-refractivity contribution is 6.36. The lowest BCUT2D eigenvalue weighted by molar-refractivity contribution is -0.136. The van der Waals surface area contributed by atoms with Gasteiger partial charge < -0.3 is 14.8 Å². The Balaban J connectivity index is 2.08. The van der Waals surface area contributed by atoms with Crippen molar-refractivity contribution in [3.63, 3.8) is 0 Å². The van der Waals surface area contributed by atoms with E-state index in [9.17, 15) is 9.59 Å². The summed E-state index contributed by atoms with van der Waals surface area (Å²) in [5, 5.41) is 3.54. The first-order valence-electron chi connectivity index (χ1n) is 8.94. The molecule has 7 heteroatoms. The van der Waals surface area contributed by atoms with Crippen molar-refractivity contribution in [1.29, 1.82) is 0 Å². The van der Waals surface area contributed by atoms with Gasteiger partial charge in [0.1, 0.15) is 17.2 Å². The van der Waals surface area contributed by atoms with Gasteiger partial charge in [0.05, 0.1) is 25.0 Å². The van der Waals surface area contributed by atoms with E-state index in [1.54, 1.807) is 49.4 Å². The van der Waals surface area contributed by atoms with Gasteiger partial charge in [0.2, 0.25) is 0 Å². The van der Waals surface area contributed by atoms with Crippen LogP contribution in [0.2, 0.25) is 5.02 Å². The first kappa shape index (κ1) is 19.8. The van der Waals surface area contributed by atoms with E-state index in [-0.39, 0.29) is 18.1 Å².